The molecule has 1 amide bonds. The lowest BCUT2D eigenvalue weighted by Gasteiger charge is -2.06. The van der Waals surface area contributed by atoms with Gasteiger partial charge in [0, 0.05) is 28.0 Å². The molecule has 0 fully saturated rings. The molecule has 2 aromatic rings. The minimum absolute atomic E-state index is 0.116. The van der Waals surface area contributed by atoms with E-state index < -0.39 is 10.8 Å². The molecular formula is C12H9BrN4O3. The second-order valence-electron chi connectivity index (χ2n) is 3.84. The molecule has 1 aromatic heterocycles. The molecule has 20 heavy (non-hydrogen) atoms. The normalized spacial score (nSPS) is 10.1. The van der Waals surface area contributed by atoms with Gasteiger partial charge in [0.2, 0.25) is 11.7 Å². The Morgan fingerprint density at radius 2 is 2.00 bits per heavy atom. The minimum Gasteiger partial charge on any atom is -0.366 e. The number of hydrogen-bond acceptors (Lipinski definition) is 5. The van der Waals surface area contributed by atoms with Crippen LogP contribution in [0.4, 0.5) is 17.2 Å². The fraction of sp³-hybridized carbons (Fsp3) is 0. The number of benzene rings is 1. The molecular weight excluding hydrogens is 328 g/mol. The first kappa shape index (κ1) is 13.9. The van der Waals surface area contributed by atoms with Crippen LogP contribution in [-0.4, -0.2) is 15.8 Å². The second-order valence-corrected chi connectivity index (χ2v) is 4.76. The molecule has 0 aliphatic rings. The number of primary amides is 1. The summed E-state index contributed by atoms with van der Waals surface area (Å²) in [7, 11) is 0. The van der Waals surface area contributed by atoms with E-state index in [4.69, 9.17) is 5.73 Å². The number of rotatable bonds is 4. The monoisotopic (exact) mass is 336 g/mol. The zero-order chi connectivity index (χ0) is 14.7. The maximum Gasteiger partial charge on any atom is 0.312 e. The van der Waals surface area contributed by atoms with E-state index in [1.165, 1.54) is 24.4 Å². The molecule has 0 spiro atoms. The first-order chi connectivity index (χ1) is 9.47. The summed E-state index contributed by atoms with van der Waals surface area (Å²) in [6.07, 6.45) is 1.45. The van der Waals surface area contributed by atoms with Gasteiger partial charge < -0.3 is 11.1 Å². The topological polar surface area (TPSA) is 111 Å². The lowest BCUT2D eigenvalue weighted by molar-refractivity contribution is -0.384. The van der Waals surface area contributed by atoms with E-state index in [9.17, 15) is 14.9 Å². The Kier molecular flexibility index (Phi) is 3.94. The van der Waals surface area contributed by atoms with Crippen LogP contribution in [0.1, 0.15) is 10.4 Å². The van der Waals surface area contributed by atoms with Gasteiger partial charge in [-0.1, -0.05) is 0 Å². The van der Waals surface area contributed by atoms with Crippen LogP contribution in [0.3, 0.4) is 0 Å². The van der Waals surface area contributed by atoms with E-state index in [0.717, 1.165) is 0 Å². The van der Waals surface area contributed by atoms with Gasteiger partial charge in [-0.2, -0.15) is 0 Å². The molecule has 0 radical (unpaired) electrons. The summed E-state index contributed by atoms with van der Waals surface area (Å²) in [5.74, 6) is -0.422. The van der Waals surface area contributed by atoms with Crippen molar-refractivity contribution in [2.75, 3.05) is 5.32 Å². The fourth-order valence-corrected chi connectivity index (χ4v) is 1.84. The van der Waals surface area contributed by atoms with Crippen molar-refractivity contribution in [1.29, 1.82) is 0 Å². The van der Waals surface area contributed by atoms with Crippen molar-refractivity contribution < 1.29 is 9.72 Å². The summed E-state index contributed by atoms with van der Waals surface area (Å²) in [4.78, 5) is 25.3. The van der Waals surface area contributed by atoms with Gasteiger partial charge in [-0.3, -0.25) is 14.9 Å². The Morgan fingerprint density at radius 1 is 1.35 bits per heavy atom. The van der Waals surface area contributed by atoms with Crippen LogP contribution in [-0.2, 0) is 0 Å². The smallest absolute Gasteiger partial charge is 0.312 e. The maximum atomic E-state index is 11.0. The van der Waals surface area contributed by atoms with Gasteiger partial charge in [0.25, 0.3) is 0 Å². The summed E-state index contributed by atoms with van der Waals surface area (Å²) >= 11 is 3.13. The molecule has 8 heteroatoms. The van der Waals surface area contributed by atoms with Gasteiger partial charge >= 0.3 is 5.69 Å². The summed E-state index contributed by atoms with van der Waals surface area (Å²) < 4.78 is 0.513. The summed E-state index contributed by atoms with van der Waals surface area (Å²) in [6.45, 7) is 0. The molecule has 1 aromatic carbocycles. The second kappa shape index (κ2) is 5.66. The van der Waals surface area contributed by atoms with Crippen LogP contribution in [0.15, 0.2) is 41.0 Å². The Morgan fingerprint density at radius 3 is 2.55 bits per heavy atom. The van der Waals surface area contributed by atoms with Gasteiger partial charge in [0.15, 0.2) is 0 Å². The molecule has 1 heterocycles. The highest BCUT2D eigenvalue weighted by molar-refractivity contribution is 9.10. The summed E-state index contributed by atoms with van der Waals surface area (Å²) in [5, 5.41) is 13.8. The number of nitro groups is 1. The average molecular weight is 337 g/mol. The van der Waals surface area contributed by atoms with Crippen LogP contribution in [0.2, 0.25) is 0 Å². The third-order valence-electron chi connectivity index (χ3n) is 2.46. The van der Waals surface area contributed by atoms with Crippen LogP contribution in [0, 0.1) is 10.1 Å². The Hall–Kier alpha value is -2.48. The first-order valence-corrected chi connectivity index (χ1v) is 6.23. The zero-order valence-corrected chi connectivity index (χ0v) is 11.6. The summed E-state index contributed by atoms with van der Waals surface area (Å²) in [5.41, 5.74) is 5.89. The third kappa shape index (κ3) is 3.09. The largest absolute Gasteiger partial charge is 0.366 e. The highest BCUT2D eigenvalue weighted by atomic mass is 79.9. The van der Waals surface area contributed by atoms with Gasteiger partial charge in [-0.05, 0) is 40.2 Å². The standard InChI is InChI=1S/C12H9BrN4O3/c13-8-5-10(17(19)20)12(15-6-8)16-9-3-1-7(2-4-9)11(14)18/h1-6H,(H2,14,18)(H,15,16). The number of halogens is 1. The highest BCUT2D eigenvalue weighted by Gasteiger charge is 2.16. The van der Waals surface area contributed by atoms with E-state index in [-0.39, 0.29) is 11.5 Å². The Labute approximate surface area is 122 Å². The molecule has 0 aliphatic heterocycles. The van der Waals surface area contributed by atoms with E-state index >= 15 is 0 Å². The van der Waals surface area contributed by atoms with Crippen LogP contribution >= 0.6 is 15.9 Å². The van der Waals surface area contributed by atoms with Gasteiger partial charge in [-0.15, -0.1) is 0 Å². The summed E-state index contributed by atoms with van der Waals surface area (Å²) in [6, 6.07) is 7.58. The number of amides is 1. The maximum absolute atomic E-state index is 11.0. The van der Waals surface area contributed by atoms with E-state index in [1.54, 1.807) is 12.1 Å². The average Bonchev–Trinajstić information content (AvgIpc) is 2.41. The predicted molar refractivity (Wildman–Crippen MR) is 76.8 cm³/mol. The quantitative estimate of drug-likeness (QED) is 0.658. The molecule has 0 saturated carbocycles. The molecule has 0 bridgehead atoms. The lowest BCUT2D eigenvalue weighted by atomic mass is 10.2. The van der Waals surface area contributed by atoms with Crippen molar-refractivity contribution in [3.05, 3.63) is 56.7 Å². The van der Waals surface area contributed by atoms with Crippen molar-refractivity contribution in [2.45, 2.75) is 0 Å². The Balaban J connectivity index is 2.30. The van der Waals surface area contributed by atoms with Crippen molar-refractivity contribution in [3.63, 3.8) is 0 Å². The van der Waals surface area contributed by atoms with Crippen molar-refractivity contribution in [3.8, 4) is 0 Å². The molecule has 0 aliphatic carbocycles. The van der Waals surface area contributed by atoms with E-state index in [2.05, 4.69) is 26.2 Å². The molecule has 7 nitrogen and oxygen atoms in total. The molecule has 102 valence electrons. The van der Waals surface area contributed by atoms with Crippen molar-refractivity contribution in [1.82, 2.24) is 4.98 Å². The number of nitrogens with zero attached hydrogens (tertiary/aromatic N) is 2. The highest BCUT2D eigenvalue weighted by Crippen LogP contribution is 2.28. The molecule has 0 saturated heterocycles. The van der Waals surface area contributed by atoms with E-state index in [1.807, 2.05) is 0 Å². The van der Waals surface area contributed by atoms with Crippen LogP contribution < -0.4 is 11.1 Å². The third-order valence-corrected chi connectivity index (χ3v) is 2.90. The van der Waals surface area contributed by atoms with Gasteiger partial charge in [-0.25, -0.2) is 4.98 Å². The van der Waals surface area contributed by atoms with E-state index in [0.29, 0.717) is 15.7 Å². The molecule has 0 atom stereocenters. The number of carbonyl (C=O) groups excluding carboxylic acids is 1. The number of hydrogen-bond donors (Lipinski definition) is 2. The SMILES string of the molecule is NC(=O)c1ccc(Nc2ncc(Br)cc2[N+](=O)[O-])cc1. The number of pyridine rings is 1. The minimum atomic E-state index is -0.538. The predicted octanol–water partition coefficient (Wildman–Crippen LogP) is 2.59. The van der Waals surface area contributed by atoms with Crippen molar-refractivity contribution >= 4 is 39.0 Å². The molecule has 2 rings (SSSR count). The zero-order valence-electron chi connectivity index (χ0n) is 10.0. The molecule has 3 N–H and O–H groups in total. The van der Waals surface area contributed by atoms with Crippen molar-refractivity contribution in [2.24, 2.45) is 5.73 Å². The van der Waals surface area contributed by atoms with Crippen LogP contribution in [0.5, 0.6) is 0 Å². The lowest BCUT2D eigenvalue weighted by Crippen LogP contribution is -2.10. The number of carbonyl (C=O) groups is 1. The number of nitrogens with two attached hydrogens (primary N) is 1. The fourth-order valence-electron chi connectivity index (χ4n) is 1.52. The molecule has 0 unspecified atom stereocenters. The first-order valence-electron chi connectivity index (χ1n) is 5.44. The number of anilines is 2. The number of aromatic nitrogens is 1. The van der Waals surface area contributed by atoms with Crippen LogP contribution in [0.25, 0.3) is 0 Å². The van der Waals surface area contributed by atoms with Gasteiger partial charge in [0.05, 0.1) is 4.92 Å². The Bertz CT molecular complexity index is 673. The van der Waals surface area contributed by atoms with Gasteiger partial charge in [0.1, 0.15) is 0 Å². The number of nitrogens with one attached hydrogen (secondary N) is 1.